The third-order valence-electron chi connectivity index (χ3n) is 4.42. The highest BCUT2D eigenvalue weighted by Crippen LogP contribution is 2.31. The summed E-state index contributed by atoms with van der Waals surface area (Å²) in [5, 5.41) is 0. The Morgan fingerprint density at radius 3 is 2.38 bits per heavy atom. The summed E-state index contributed by atoms with van der Waals surface area (Å²) in [5.41, 5.74) is 11.0. The van der Waals surface area contributed by atoms with E-state index >= 15 is 0 Å². The molecule has 122 valence electrons. The normalized spacial score (nSPS) is 10.8. The predicted octanol–water partition coefficient (Wildman–Crippen LogP) is 3.51. The summed E-state index contributed by atoms with van der Waals surface area (Å²) in [6.45, 7) is 4.77. The first-order valence-electron chi connectivity index (χ1n) is 8.04. The molecule has 0 unspecified atom stereocenters. The molecule has 0 fully saturated rings. The largest absolute Gasteiger partial charge is 0.366 e. The lowest BCUT2D eigenvalue weighted by Crippen LogP contribution is -2.14. The van der Waals surface area contributed by atoms with Gasteiger partial charge in [0.05, 0.1) is 11.3 Å². The van der Waals surface area contributed by atoms with Crippen LogP contribution in [0, 0.1) is 13.8 Å². The maximum atomic E-state index is 12.0. The number of aryl methyl sites for hydroxylation is 1. The van der Waals surface area contributed by atoms with E-state index < -0.39 is 5.91 Å². The Kier molecular flexibility index (Phi) is 4.47. The molecule has 1 amide bonds. The second-order valence-corrected chi connectivity index (χ2v) is 5.89. The van der Waals surface area contributed by atoms with Crippen LogP contribution in [0.15, 0.2) is 54.7 Å². The summed E-state index contributed by atoms with van der Waals surface area (Å²) in [6, 6.07) is 16.0. The van der Waals surface area contributed by atoms with Crippen molar-refractivity contribution in [1.29, 1.82) is 0 Å². The standard InChI is InChI=1S/C20H21N3O/c1-14-18(17-10-6-7-12-22-17)19(20(21)24)15(2)23(14)13-11-16-8-4-3-5-9-16/h3-10,12H,11,13H2,1-2H3,(H2,21,24). The quantitative estimate of drug-likeness (QED) is 0.782. The highest BCUT2D eigenvalue weighted by atomic mass is 16.1. The first-order valence-corrected chi connectivity index (χ1v) is 8.04. The van der Waals surface area contributed by atoms with Gasteiger partial charge in [-0.2, -0.15) is 0 Å². The minimum atomic E-state index is -0.408. The van der Waals surface area contributed by atoms with Crippen LogP contribution < -0.4 is 5.73 Å². The molecule has 4 nitrogen and oxygen atoms in total. The van der Waals surface area contributed by atoms with Crippen LogP contribution in [0.2, 0.25) is 0 Å². The second kappa shape index (κ2) is 6.71. The Labute approximate surface area is 142 Å². The molecular formula is C20H21N3O. The number of hydrogen-bond acceptors (Lipinski definition) is 2. The summed E-state index contributed by atoms with van der Waals surface area (Å²) in [5.74, 6) is -0.408. The van der Waals surface area contributed by atoms with Crippen LogP contribution in [-0.4, -0.2) is 15.5 Å². The van der Waals surface area contributed by atoms with Gasteiger partial charge in [-0.3, -0.25) is 9.78 Å². The van der Waals surface area contributed by atoms with Crippen molar-refractivity contribution < 1.29 is 4.79 Å². The van der Waals surface area contributed by atoms with E-state index in [-0.39, 0.29) is 0 Å². The van der Waals surface area contributed by atoms with E-state index in [2.05, 4.69) is 21.7 Å². The summed E-state index contributed by atoms with van der Waals surface area (Å²) in [6.07, 6.45) is 2.63. The molecule has 0 bridgehead atoms. The van der Waals surface area contributed by atoms with Crippen molar-refractivity contribution >= 4 is 5.91 Å². The molecule has 0 aliphatic rings. The lowest BCUT2D eigenvalue weighted by molar-refractivity contribution is 0.1000. The molecule has 0 spiro atoms. The molecule has 3 rings (SSSR count). The van der Waals surface area contributed by atoms with Gasteiger partial charge in [-0.25, -0.2) is 0 Å². The number of aromatic nitrogens is 2. The molecule has 4 heteroatoms. The minimum absolute atomic E-state index is 0.408. The number of amides is 1. The second-order valence-electron chi connectivity index (χ2n) is 5.89. The van der Waals surface area contributed by atoms with Gasteiger partial charge in [0, 0.05) is 29.7 Å². The van der Waals surface area contributed by atoms with Crippen LogP contribution in [0.4, 0.5) is 0 Å². The van der Waals surface area contributed by atoms with Gasteiger partial charge in [-0.15, -0.1) is 0 Å². The number of carbonyl (C=O) groups excluding carboxylic acids is 1. The Morgan fingerprint density at radius 1 is 1.04 bits per heavy atom. The van der Waals surface area contributed by atoms with Crippen LogP contribution in [-0.2, 0) is 13.0 Å². The number of benzene rings is 1. The van der Waals surface area contributed by atoms with Gasteiger partial charge in [0.15, 0.2) is 0 Å². The molecule has 0 aliphatic heterocycles. The van der Waals surface area contributed by atoms with Crippen LogP contribution in [0.1, 0.15) is 27.3 Å². The van der Waals surface area contributed by atoms with E-state index in [0.717, 1.165) is 35.6 Å². The minimum Gasteiger partial charge on any atom is -0.366 e. The highest BCUT2D eigenvalue weighted by Gasteiger charge is 2.22. The van der Waals surface area contributed by atoms with Crippen molar-refractivity contribution in [1.82, 2.24) is 9.55 Å². The zero-order chi connectivity index (χ0) is 17.1. The maximum Gasteiger partial charge on any atom is 0.251 e. The van der Waals surface area contributed by atoms with Crippen molar-refractivity contribution in [2.75, 3.05) is 0 Å². The Balaban J connectivity index is 2.03. The highest BCUT2D eigenvalue weighted by molar-refractivity contribution is 6.01. The number of carbonyl (C=O) groups is 1. The average molecular weight is 319 g/mol. The fourth-order valence-electron chi connectivity index (χ4n) is 3.23. The number of nitrogens with zero attached hydrogens (tertiary/aromatic N) is 2. The third kappa shape index (κ3) is 2.95. The Bertz CT molecular complexity index is 852. The topological polar surface area (TPSA) is 60.9 Å². The van der Waals surface area contributed by atoms with E-state index in [0.29, 0.717) is 5.56 Å². The summed E-state index contributed by atoms with van der Waals surface area (Å²) < 4.78 is 2.16. The Hall–Kier alpha value is -2.88. The van der Waals surface area contributed by atoms with Crippen LogP contribution in [0.3, 0.4) is 0 Å². The summed E-state index contributed by atoms with van der Waals surface area (Å²) in [7, 11) is 0. The molecule has 2 aromatic heterocycles. The number of nitrogens with two attached hydrogens (primary N) is 1. The van der Waals surface area contributed by atoms with Crippen molar-refractivity contribution in [2.24, 2.45) is 5.73 Å². The van der Waals surface area contributed by atoms with Crippen LogP contribution >= 0.6 is 0 Å². The number of pyridine rings is 1. The molecule has 2 heterocycles. The molecule has 24 heavy (non-hydrogen) atoms. The zero-order valence-corrected chi connectivity index (χ0v) is 14.0. The van der Waals surface area contributed by atoms with Crippen molar-refractivity contribution in [2.45, 2.75) is 26.8 Å². The van der Waals surface area contributed by atoms with E-state index in [4.69, 9.17) is 5.73 Å². The van der Waals surface area contributed by atoms with Gasteiger partial charge in [0.25, 0.3) is 5.91 Å². The molecule has 3 aromatic rings. The van der Waals surface area contributed by atoms with Crippen molar-refractivity contribution in [3.05, 3.63) is 77.2 Å². The Morgan fingerprint density at radius 2 is 1.75 bits per heavy atom. The lowest BCUT2D eigenvalue weighted by Gasteiger charge is -2.10. The van der Waals surface area contributed by atoms with E-state index in [9.17, 15) is 4.79 Å². The molecule has 0 atom stereocenters. The van der Waals surface area contributed by atoms with E-state index in [1.165, 1.54) is 5.56 Å². The lowest BCUT2D eigenvalue weighted by atomic mass is 10.0. The summed E-state index contributed by atoms with van der Waals surface area (Å²) >= 11 is 0. The first kappa shape index (κ1) is 16.0. The van der Waals surface area contributed by atoms with Gasteiger partial charge in [-0.1, -0.05) is 36.4 Å². The molecule has 0 radical (unpaired) electrons. The SMILES string of the molecule is Cc1c(C(N)=O)c(-c2ccccn2)c(C)n1CCc1ccccc1. The summed E-state index contributed by atoms with van der Waals surface area (Å²) in [4.78, 5) is 16.4. The van der Waals surface area contributed by atoms with Crippen molar-refractivity contribution in [3.63, 3.8) is 0 Å². The molecular weight excluding hydrogens is 298 g/mol. The fourth-order valence-corrected chi connectivity index (χ4v) is 3.23. The monoisotopic (exact) mass is 319 g/mol. The molecule has 0 aliphatic carbocycles. The van der Waals surface area contributed by atoms with Crippen molar-refractivity contribution in [3.8, 4) is 11.3 Å². The van der Waals surface area contributed by atoms with E-state index in [1.807, 2.05) is 50.2 Å². The van der Waals surface area contributed by atoms with Gasteiger partial charge in [-0.05, 0) is 38.0 Å². The maximum absolute atomic E-state index is 12.0. The molecule has 1 aromatic carbocycles. The van der Waals surface area contributed by atoms with Gasteiger partial charge < -0.3 is 10.3 Å². The first-order chi connectivity index (χ1) is 11.6. The van der Waals surface area contributed by atoms with Gasteiger partial charge >= 0.3 is 0 Å². The third-order valence-corrected chi connectivity index (χ3v) is 4.42. The average Bonchev–Trinajstić information content (AvgIpc) is 2.85. The van der Waals surface area contributed by atoms with Crippen LogP contribution in [0.5, 0.6) is 0 Å². The van der Waals surface area contributed by atoms with E-state index in [1.54, 1.807) is 6.20 Å². The number of hydrogen-bond donors (Lipinski definition) is 1. The molecule has 2 N–H and O–H groups in total. The van der Waals surface area contributed by atoms with Gasteiger partial charge in [0.1, 0.15) is 0 Å². The molecule has 0 saturated heterocycles. The fraction of sp³-hybridized carbons (Fsp3) is 0.200. The van der Waals surface area contributed by atoms with Gasteiger partial charge in [0.2, 0.25) is 0 Å². The smallest absolute Gasteiger partial charge is 0.251 e. The van der Waals surface area contributed by atoms with Crippen LogP contribution in [0.25, 0.3) is 11.3 Å². The number of primary amides is 1. The zero-order valence-electron chi connectivity index (χ0n) is 14.0. The predicted molar refractivity (Wildman–Crippen MR) is 95.8 cm³/mol. The molecule has 0 saturated carbocycles. The number of rotatable bonds is 5.